The quantitative estimate of drug-likeness (QED) is 0.531. The highest BCUT2D eigenvalue weighted by atomic mass is 32.2. The molecule has 1 amide bonds. The van der Waals surface area contributed by atoms with Gasteiger partial charge in [0, 0.05) is 18.8 Å². The van der Waals surface area contributed by atoms with Crippen molar-refractivity contribution in [2.24, 2.45) is 5.92 Å². The lowest BCUT2D eigenvalue weighted by Crippen LogP contribution is -2.31. The third-order valence-corrected chi connectivity index (χ3v) is 3.61. The van der Waals surface area contributed by atoms with Crippen molar-refractivity contribution in [3.8, 4) is 0 Å². The van der Waals surface area contributed by atoms with Gasteiger partial charge in [-0.05, 0) is 19.1 Å². The number of ether oxygens (including phenoxy) is 2. The Morgan fingerprint density at radius 3 is 2.79 bits per heavy atom. The molecule has 1 aliphatic rings. The van der Waals surface area contributed by atoms with E-state index in [1.807, 2.05) is 6.26 Å². The van der Waals surface area contributed by atoms with Gasteiger partial charge >= 0.3 is 12.1 Å². The number of unbranched alkanes of at least 4 members (excludes halogenated alkanes) is 1. The summed E-state index contributed by atoms with van der Waals surface area (Å²) in [4.78, 5) is 25.0. The lowest BCUT2D eigenvalue weighted by Gasteiger charge is -2.15. The predicted molar refractivity (Wildman–Crippen MR) is 75.3 cm³/mol. The van der Waals surface area contributed by atoms with Crippen molar-refractivity contribution in [1.82, 2.24) is 4.90 Å². The average Bonchev–Trinajstić information content (AvgIpc) is 2.89. The number of carbonyl (C=O) groups excluding carboxylic acids is 2. The number of nitrogens with zero attached hydrogens (tertiary/aromatic N) is 1. The molecule has 0 aromatic heterocycles. The van der Waals surface area contributed by atoms with Crippen LogP contribution in [0.2, 0.25) is 0 Å². The van der Waals surface area contributed by atoms with Crippen LogP contribution in [-0.2, 0) is 14.3 Å². The molecule has 1 aliphatic heterocycles. The van der Waals surface area contributed by atoms with E-state index in [2.05, 4.69) is 6.92 Å². The number of hydrogen-bond donors (Lipinski definition) is 0. The summed E-state index contributed by atoms with van der Waals surface area (Å²) in [7, 11) is 0. The molecular formula is C13H23NO4S. The fraction of sp³-hybridized carbons (Fsp3) is 0.846. The van der Waals surface area contributed by atoms with Crippen LogP contribution in [0, 0.1) is 5.92 Å². The van der Waals surface area contributed by atoms with Gasteiger partial charge in [-0.25, -0.2) is 4.79 Å². The first-order valence-electron chi connectivity index (χ1n) is 6.76. The number of carbonyl (C=O) groups is 2. The zero-order valence-electron chi connectivity index (χ0n) is 11.7. The van der Waals surface area contributed by atoms with Crippen molar-refractivity contribution < 1.29 is 19.1 Å². The molecule has 1 rings (SSSR count). The number of thioether (sulfide) groups is 1. The fourth-order valence-electron chi connectivity index (χ4n) is 1.86. The number of amides is 1. The molecule has 0 radical (unpaired) electrons. The van der Waals surface area contributed by atoms with Gasteiger partial charge in [0.2, 0.25) is 0 Å². The van der Waals surface area contributed by atoms with Gasteiger partial charge in [0.05, 0.1) is 12.5 Å². The number of likely N-dealkylation sites (tertiary alicyclic amines) is 1. The van der Waals surface area contributed by atoms with Gasteiger partial charge in [-0.3, -0.25) is 4.79 Å². The summed E-state index contributed by atoms with van der Waals surface area (Å²) in [6.45, 7) is 3.94. The third-order valence-electron chi connectivity index (χ3n) is 3.03. The third kappa shape index (κ3) is 5.72. The zero-order chi connectivity index (χ0) is 14.1. The molecule has 0 aromatic rings. The van der Waals surface area contributed by atoms with Crippen LogP contribution in [0.1, 0.15) is 26.2 Å². The maximum atomic E-state index is 11.7. The fourth-order valence-corrected chi connectivity index (χ4v) is 2.11. The lowest BCUT2D eigenvalue weighted by molar-refractivity contribution is -0.148. The highest BCUT2D eigenvalue weighted by Crippen LogP contribution is 2.18. The van der Waals surface area contributed by atoms with Gasteiger partial charge in [0.1, 0.15) is 6.61 Å². The molecule has 0 aromatic carbocycles. The Bertz CT molecular complexity index is 270. The Labute approximate surface area is 119 Å². The molecule has 0 aliphatic carbocycles. The maximum Gasteiger partial charge on any atom is 0.409 e. The van der Waals surface area contributed by atoms with Crippen molar-refractivity contribution in [2.75, 3.05) is 38.3 Å². The topological polar surface area (TPSA) is 55.8 Å². The van der Waals surface area contributed by atoms with Gasteiger partial charge in [0.15, 0.2) is 0 Å². The summed E-state index contributed by atoms with van der Waals surface area (Å²) in [5.74, 6) is 0.417. The second-order valence-electron chi connectivity index (χ2n) is 4.56. The lowest BCUT2D eigenvalue weighted by atomic mass is 10.1. The second kappa shape index (κ2) is 9.07. The van der Waals surface area contributed by atoms with E-state index in [0.717, 1.165) is 18.6 Å². The molecule has 110 valence electrons. The molecule has 0 N–H and O–H groups in total. The van der Waals surface area contributed by atoms with E-state index in [1.165, 1.54) is 0 Å². The first-order valence-corrected chi connectivity index (χ1v) is 8.15. The van der Waals surface area contributed by atoms with Gasteiger partial charge in [-0.2, -0.15) is 11.8 Å². The first-order chi connectivity index (χ1) is 9.19. The van der Waals surface area contributed by atoms with E-state index in [0.29, 0.717) is 32.7 Å². The largest absolute Gasteiger partial charge is 0.465 e. The molecule has 1 unspecified atom stereocenters. The van der Waals surface area contributed by atoms with E-state index in [-0.39, 0.29) is 18.0 Å². The predicted octanol–water partition coefficient (Wildman–Crippen LogP) is 2.15. The van der Waals surface area contributed by atoms with Crippen molar-refractivity contribution in [3.05, 3.63) is 0 Å². The van der Waals surface area contributed by atoms with Gasteiger partial charge in [-0.1, -0.05) is 13.3 Å². The molecule has 0 bridgehead atoms. The van der Waals surface area contributed by atoms with Crippen LogP contribution in [0.5, 0.6) is 0 Å². The van der Waals surface area contributed by atoms with E-state index in [9.17, 15) is 9.59 Å². The number of esters is 1. The minimum Gasteiger partial charge on any atom is -0.465 e. The molecule has 6 heteroatoms. The van der Waals surface area contributed by atoms with Gasteiger partial charge in [-0.15, -0.1) is 0 Å². The normalized spacial score (nSPS) is 18.4. The summed E-state index contributed by atoms with van der Waals surface area (Å²) < 4.78 is 10.3. The molecule has 1 fully saturated rings. The summed E-state index contributed by atoms with van der Waals surface area (Å²) in [6, 6.07) is 0. The van der Waals surface area contributed by atoms with E-state index in [4.69, 9.17) is 9.47 Å². The van der Waals surface area contributed by atoms with Crippen LogP contribution in [0.15, 0.2) is 0 Å². The molecule has 5 nitrogen and oxygen atoms in total. The van der Waals surface area contributed by atoms with E-state index >= 15 is 0 Å². The Hall–Kier alpha value is -0.910. The summed E-state index contributed by atoms with van der Waals surface area (Å²) >= 11 is 1.63. The van der Waals surface area contributed by atoms with Crippen LogP contribution in [0.25, 0.3) is 0 Å². The van der Waals surface area contributed by atoms with Gasteiger partial charge < -0.3 is 14.4 Å². The Morgan fingerprint density at radius 2 is 2.11 bits per heavy atom. The number of rotatable bonds is 7. The Kier molecular flexibility index (Phi) is 7.70. The SMILES string of the molecule is CCCCOC(=O)C1CCN(C(=O)OCCSC)C1. The van der Waals surface area contributed by atoms with Crippen LogP contribution in [-0.4, -0.2) is 55.3 Å². The molecule has 0 saturated carbocycles. The van der Waals surface area contributed by atoms with Crippen molar-refractivity contribution in [3.63, 3.8) is 0 Å². The smallest absolute Gasteiger partial charge is 0.409 e. The highest BCUT2D eigenvalue weighted by molar-refractivity contribution is 7.98. The molecule has 1 atom stereocenters. The average molecular weight is 289 g/mol. The molecule has 1 heterocycles. The van der Waals surface area contributed by atoms with Gasteiger partial charge in [0.25, 0.3) is 0 Å². The minimum absolute atomic E-state index is 0.187. The van der Waals surface area contributed by atoms with E-state index < -0.39 is 0 Å². The number of hydrogen-bond acceptors (Lipinski definition) is 5. The van der Waals surface area contributed by atoms with Crippen molar-refractivity contribution in [2.45, 2.75) is 26.2 Å². The summed E-state index contributed by atoms with van der Waals surface area (Å²) in [5, 5.41) is 0. The molecule has 19 heavy (non-hydrogen) atoms. The highest BCUT2D eigenvalue weighted by Gasteiger charge is 2.32. The molecule has 0 spiro atoms. The molecule has 1 saturated heterocycles. The van der Waals surface area contributed by atoms with E-state index in [1.54, 1.807) is 16.7 Å². The van der Waals surface area contributed by atoms with Crippen molar-refractivity contribution in [1.29, 1.82) is 0 Å². The summed E-state index contributed by atoms with van der Waals surface area (Å²) in [6.07, 6.45) is 4.21. The Morgan fingerprint density at radius 1 is 1.32 bits per heavy atom. The first kappa shape index (κ1) is 16.1. The van der Waals surface area contributed by atoms with Crippen LogP contribution in [0.4, 0.5) is 4.79 Å². The minimum atomic E-state index is -0.321. The standard InChI is InChI=1S/C13H23NO4S/c1-3-4-7-17-12(15)11-5-6-14(10-11)13(16)18-8-9-19-2/h11H,3-10H2,1-2H3. The summed E-state index contributed by atoms with van der Waals surface area (Å²) in [5.41, 5.74) is 0. The van der Waals surface area contributed by atoms with Crippen molar-refractivity contribution >= 4 is 23.8 Å². The second-order valence-corrected chi connectivity index (χ2v) is 5.55. The van der Waals surface area contributed by atoms with Crippen LogP contribution < -0.4 is 0 Å². The monoisotopic (exact) mass is 289 g/mol. The maximum absolute atomic E-state index is 11.7. The van der Waals surface area contributed by atoms with Crippen LogP contribution in [0.3, 0.4) is 0 Å². The Balaban J connectivity index is 2.24. The molecular weight excluding hydrogens is 266 g/mol. The zero-order valence-corrected chi connectivity index (χ0v) is 12.5. The van der Waals surface area contributed by atoms with Crippen LogP contribution >= 0.6 is 11.8 Å².